The number of nitrogens with one attached hydrogen (secondary N) is 1. The Morgan fingerprint density at radius 2 is 1.63 bits per heavy atom. The first-order chi connectivity index (χ1) is 18.6. The lowest BCUT2D eigenvalue weighted by molar-refractivity contribution is 0.0915. The van der Waals surface area contributed by atoms with Gasteiger partial charge in [-0.3, -0.25) is 4.79 Å². The summed E-state index contributed by atoms with van der Waals surface area (Å²) in [5, 5.41) is 16.6. The first-order valence-electron chi connectivity index (χ1n) is 14.7. The summed E-state index contributed by atoms with van der Waals surface area (Å²) in [6, 6.07) is 15.7. The van der Waals surface area contributed by atoms with Gasteiger partial charge in [0.25, 0.3) is 5.91 Å². The van der Waals surface area contributed by atoms with Gasteiger partial charge in [0.15, 0.2) is 0 Å². The van der Waals surface area contributed by atoms with Crippen LogP contribution >= 0.6 is 11.6 Å². The highest BCUT2D eigenvalue weighted by Gasteiger charge is 2.29. The molecule has 204 valence electrons. The van der Waals surface area contributed by atoms with Gasteiger partial charge < -0.3 is 19.9 Å². The van der Waals surface area contributed by atoms with Crippen molar-refractivity contribution in [2.75, 3.05) is 19.6 Å². The molecular formula is C32H42ClN3O2. The van der Waals surface area contributed by atoms with Crippen molar-refractivity contribution in [3.05, 3.63) is 70.4 Å². The summed E-state index contributed by atoms with van der Waals surface area (Å²) in [5.74, 6) is -0.0672. The average Bonchev–Trinajstić information content (AvgIpc) is 3.54. The molecule has 38 heavy (non-hydrogen) atoms. The van der Waals surface area contributed by atoms with Crippen molar-refractivity contribution in [1.82, 2.24) is 14.8 Å². The van der Waals surface area contributed by atoms with E-state index < -0.39 is 6.10 Å². The van der Waals surface area contributed by atoms with Gasteiger partial charge in [0.05, 0.1) is 0 Å². The number of nitrogens with zero attached hydrogens (tertiary/aromatic N) is 2. The fraction of sp³-hybridized carbons (Fsp3) is 0.531. The van der Waals surface area contributed by atoms with E-state index in [-0.39, 0.29) is 11.9 Å². The van der Waals surface area contributed by atoms with Crippen LogP contribution in [0.25, 0.3) is 10.9 Å². The van der Waals surface area contributed by atoms with Crippen molar-refractivity contribution in [2.24, 2.45) is 0 Å². The maximum atomic E-state index is 14.1. The first-order valence-corrected chi connectivity index (χ1v) is 15.1. The van der Waals surface area contributed by atoms with Gasteiger partial charge in [0, 0.05) is 34.1 Å². The second-order valence-corrected chi connectivity index (χ2v) is 11.6. The Morgan fingerprint density at radius 3 is 2.39 bits per heavy atom. The second kappa shape index (κ2) is 13.1. The number of benzene rings is 2. The molecule has 0 radical (unpaired) electrons. The van der Waals surface area contributed by atoms with Crippen LogP contribution in [0.1, 0.15) is 98.3 Å². The molecule has 1 atom stereocenters. The van der Waals surface area contributed by atoms with Gasteiger partial charge >= 0.3 is 0 Å². The van der Waals surface area contributed by atoms with Gasteiger partial charge in [-0.25, -0.2) is 0 Å². The Balaban J connectivity index is 1.49. The van der Waals surface area contributed by atoms with Gasteiger partial charge in [-0.1, -0.05) is 74.0 Å². The molecule has 5 rings (SSSR count). The van der Waals surface area contributed by atoms with E-state index >= 15 is 0 Å². The molecule has 2 heterocycles. The number of likely N-dealkylation sites (tertiary alicyclic amines) is 1. The van der Waals surface area contributed by atoms with Crippen LogP contribution in [0.5, 0.6) is 0 Å². The Kier molecular flexibility index (Phi) is 9.42. The highest BCUT2D eigenvalue weighted by atomic mass is 35.5. The zero-order chi connectivity index (χ0) is 26.3. The Labute approximate surface area is 232 Å². The lowest BCUT2D eigenvalue weighted by Crippen LogP contribution is -2.37. The van der Waals surface area contributed by atoms with Crippen LogP contribution in [-0.2, 0) is 6.54 Å². The predicted octanol–water partition coefficient (Wildman–Crippen LogP) is 7.10. The zero-order valence-corrected chi connectivity index (χ0v) is 23.3. The van der Waals surface area contributed by atoms with E-state index in [2.05, 4.69) is 20.9 Å². The molecule has 6 heteroatoms. The SMILES string of the molecule is O=C(NC1CCCCCCC1)c1c(C(O)c2cccc(Cl)c2)c2ccccc2n1CCCCN1CCCC1. The third-order valence-corrected chi connectivity index (χ3v) is 8.64. The van der Waals surface area contributed by atoms with E-state index in [1.54, 1.807) is 6.07 Å². The molecule has 1 unspecified atom stereocenters. The number of aliphatic hydroxyl groups excluding tert-OH is 1. The van der Waals surface area contributed by atoms with Crippen LogP contribution in [-0.4, -0.2) is 46.2 Å². The topological polar surface area (TPSA) is 57.5 Å². The van der Waals surface area contributed by atoms with Crippen molar-refractivity contribution < 1.29 is 9.90 Å². The average molecular weight is 536 g/mol. The Bertz CT molecular complexity index is 1210. The maximum Gasteiger partial charge on any atom is 0.268 e. The third-order valence-electron chi connectivity index (χ3n) is 8.41. The fourth-order valence-electron chi connectivity index (χ4n) is 6.39. The Morgan fingerprint density at radius 1 is 0.921 bits per heavy atom. The number of aryl methyl sites for hydroxylation is 1. The summed E-state index contributed by atoms with van der Waals surface area (Å²) in [7, 11) is 0. The van der Waals surface area contributed by atoms with Crippen molar-refractivity contribution in [3.8, 4) is 0 Å². The summed E-state index contributed by atoms with van der Waals surface area (Å²) in [6.07, 6.45) is 11.9. The minimum Gasteiger partial charge on any atom is -0.384 e. The van der Waals surface area contributed by atoms with Gasteiger partial charge in [0.1, 0.15) is 11.8 Å². The molecule has 1 aliphatic carbocycles. The van der Waals surface area contributed by atoms with Crippen molar-refractivity contribution in [3.63, 3.8) is 0 Å². The zero-order valence-electron chi connectivity index (χ0n) is 22.5. The van der Waals surface area contributed by atoms with E-state index in [1.165, 1.54) is 45.2 Å². The number of halogens is 1. The molecule has 2 fully saturated rings. The highest BCUT2D eigenvalue weighted by Crippen LogP contribution is 2.36. The standard InChI is InChI=1S/C32H42ClN3O2/c33-25-14-12-13-24(23-25)31(37)29-27-17-6-7-18-28(27)36(22-11-10-21-35-19-8-9-20-35)30(29)32(38)34-26-15-4-2-1-3-5-16-26/h6-7,12-14,17-18,23,26,31,37H,1-5,8-11,15-16,19-22H2,(H,34,38). The van der Waals surface area contributed by atoms with Crippen LogP contribution < -0.4 is 5.32 Å². The molecule has 1 amide bonds. The molecule has 2 aliphatic rings. The molecule has 2 aromatic carbocycles. The first kappa shape index (κ1) is 27.2. The van der Waals surface area contributed by atoms with Gasteiger partial charge in [0.2, 0.25) is 0 Å². The third kappa shape index (κ3) is 6.44. The predicted molar refractivity (Wildman–Crippen MR) is 156 cm³/mol. The molecule has 0 bridgehead atoms. The highest BCUT2D eigenvalue weighted by molar-refractivity contribution is 6.30. The fourth-order valence-corrected chi connectivity index (χ4v) is 6.59. The van der Waals surface area contributed by atoms with Gasteiger partial charge in [-0.05, 0) is 81.9 Å². The maximum absolute atomic E-state index is 14.1. The monoisotopic (exact) mass is 535 g/mol. The van der Waals surface area contributed by atoms with Crippen molar-refractivity contribution in [1.29, 1.82) is 0 Å². The van der Waals surface area contributed by atoms with Crippen molar-refractivity contribution >= 4 is 28.4 Å². The van der Waals surface area contributed by atoms with E-state index in [0.29, 0.717) is 21.8 Å². The number of hydrogen-bond donors (Lipinski definition) is 2. The number of carbonyl (C=O) groups is 1. The molecule has 5 nitrogen and oxygen atoms in total. The van der Waals surface area contributed by atoms with Crippen LogP contribution in [0.15, 0.2) is 48.5 Å². The van der Waals surface area contributed by atoms with Crippen LogP contribution in [0, 0.1) is 0 Å². The number of aliphatic hydroxyl groups is 1. The number of amides is 1. The Hall–Kier alpha value is -2.34. The number of fused-ring (bicyclic) bond motifs is 1. The summed E-state index contributed by atoms with van der Waals surface area (Å²) in [6.45, 7) is 4.28. The van der Waals surface area contributed by atoms with Crippen LogP contribution in [0.4, 0.5) is 0 Å². The lowest BCUT2D eigenvalue weighted by atomic mass is 9.95. The number of para-hydroxylation sites is 1. The minimum atomic E-state index is -0.942. The molecule has 1 saturated carbocycles. The minimum absolute atomic E-state index is 0.0672. The summed E-state index contributed by atoms with van der Waals surface area (Å²) in [5.41, 5.74) is 3.00. The molecular weight excluding hydrogens is 494 g/mol. The molecule has 2 N–H and O–H groups in total. The number of hydrogen-bond acceptors (Lipinski definition) is 3. The number of aromatic nitrogens is 1. The summed E-state index contributed by atoms with van der Waals surface area (Å²) >= 11 is 6.30. The largest absolute Gasteiger partial charge is 0.384 e. The van der Waals surface area contributed by atoms with Crippen LogP contribution in [0.2, 0.25) is 5.02 Å². The number of unbranched alkanes of at least 4 members (excludes halogenated alkanes) is 1. The van der Waals surface area contributed by atoms with E-state index in [9.17, 15) is 9.90 Å². The molecule has 1 aromatic heterocycles. The number of carbonyl (C=O) groups excluding carboxylic acids is 1. The quantitative estimate of drug-likeness (QED) is 0.287. The molecule has 3 aromatic rings. The molecule has 1 aliphatic heterocycles. The van der Waals surface area contributed by atoms with E-state index in [0.717, 1.165) is 62.5 Å². The number of rotatable bonds is 9. The summed E-state index contributed by atoms with van der Waals surface area (Å²) in [4.78, 5) is 16.6. The van der Waals surface area contributed by atoms with Crippen molar-refractivity contribution in [2.45, 2.75) is 89.3 Å². The van der Waals surface area contributed by atoms with Crippen LogP contribution in [0.3, 0.4) is 0 Å². The van der Waals surface area contributed by atoms with Gasteiger partial charge in [-0.2, -0.15) is 0 Å². The summed E-state index contributed by atoms with van der Waals surface area (Å²) < 4.78 is 2.17. The molecule has 1 saturated heterocycles. The normalized spacial score (nSPS) is 18.4. The lowest BCUT2D eigenvalue weighted by Gasteiger charge is -2.23. The molecule has 0 spiro atoms. The van der Waals surface area contributed by atoms with Gasteiger partial charge in [-0.15, -0.1) is 0 Å². The second-order valence-electron chi connectivity index (χ2n) is 11.2. The van der Waals surface area contributed by atoms with E-state index in [1.807, 2.05) is 36.4 Å². The van der Waals surface area contributed by atoms with E-state index in [4.69, 9.17) is 11.6 Å². The smallest absolute Gasteiger partial charge is 0.268 e.